The number of esters is 2. The lowest BCUT2D eigenvalue weighted by Gasteiger charge is -2.40. The summed E-state index contributed by atoms with van der Waals surface area (Å²) in [5.41, 5.74) is 1.43. The molecule has 0 radical (unpaired) electrons. The van der Waals surface area contributed by atoms with E-state index in [0.717, 1.165) is 27.8 Å². The first-order chi connectivity index (χ1) is 17.9. The molecule has 0 aromatic heterocycles. The Morgan fingerprint density at radius 3 is 1.43 bits per heavy atom. The number of hydrogen-bond acceptors (Lipinski definition) is 4. The van der Waals surface area contributed by atoms with Crippen LogP contribution >= 0.6 is 0 Å². The van der Waals surface area contributed by atoms with E-state index in [9.17, 15) is 9.59 Å². The molecule has 4 aromatic rings. The molecule has 1 saturated heterocycles. The predicted octanol–water partition coefficient (Wildman–Crippen LogP) is 6.91. The molecule has 1 fully saturated rings. The van der Waals surface area contributed by atoms with Gasteiger partial charge in [-0.05, 0) is 25.0 Å². The van der Waals surface area contributed by atoms with Gasteiger partial charge in [0.2, 0.25) is 0 Å². The average Bonchev–Trinajstić information content (AvgIpc) is 2.94. The summed E-state index contributed by atoms with van der Waals surface area (Å²) in [7, 11) is 0. The van der Waals surface area contributed by atoms with Gasteiger partial charge in [0, 0.05) is 16.7 Å². The van der Waals surface area contributed by atoms with E-state index in [1.54, 1.807) is 13.8 Å². The second-order valence-corrected chi connectivity index (χ2v) is 9.67. The number of ether oxygens (including phenoxy) is 2. The largest absolute Gasteiger partial charge is 0.448 e. The molecule has 0 N–H and O–H groups in total. The summed E-state index contributed by atoms with van der Waals surface area (Å²) >= 11 is 0. The van der Waals surface area contributed by atoms with E-state index in [1.165, 1.54) is 0 Å². The summed E-state index contributed by atoms with van der Waals surface area (Å²) in [6, 6.07) is 39.0. The first-order valence-corrected chi connectivity index (χ1v) is 12.3. The van der Waals surface area contributed by atoms with Gasteiger partial charge in [-0.2, -0.15) is 0 Å². The van der Waals surface area contributed by atoms with Crippen LogP contribution in [0.25, 0.3) is 5.57 Å². The van der Waals surface area contributed by atoms with E-state index >= 15 is 0 Å². The van der Waals surface area contributed by atoms with E-state index in [-0.39, 0.29) is 6.42 Å². The number of carbonyl (C=O) groups excluding carboxylic acids is 2. The smallest absolute Gasteiger partial charge is 0.327 e. The third-order valence-corrected chi connectivity index (χ3v) is 6.80. The maximum absolute atomic E-state index is 13.5. The summed E-state index contributed by atoms with van der Waals surface area (Å²) in [5, 5.41) is 0. The molecule has 5 rings (SSSR count). The van der Waals surface area contributed by atoms with Gasteiger partial charge in [0.1, 0.15) is 5.76 Å². The highest BCUT2D eigenvalue weighted by molar-refractivity contribution is 6.00. The van der Waals surface area contributed by atoms with E-state index in [4.69, 9.17) is 9.47 Å². The zero-order chi connectivity index (χ0) is 25.9. The van der Waals surface area contributed by atoms with Crippen molar-refractivity contribution in [3.05, 3.63) is 149 Å². The van der Waals surface area contributed by atoms with Crippen LogP contribution in [0.2, 0.25) is 0 Å². The Bertz CT molecular complexity index is 1340. The van der Waals surface area contributed by atoms with Crippen molar-refractivity contribution in [1.29, 1.82) is 0 Å². The Morgan fingerprint density at radius 1 is 0.595 bits per heavy atom. The SMILES string of the molecule is CC1(C)C(=O)OC(=C(c2ccccc2)c2ccccc2)CC(c2ccccc2)(c2ccccc2)OC1=O. The molecule has 37 heavy (non-hydrogen) atoms. The van der Waals surface area contributed by atoms with Crippen molar-refractivity contribution < 1.29 is 19.1 Å². The molecular formula is C33H28O4. The van der Waals surface area contributed by atoms with Crippen molar-refractivity contribution in [1.82, 2.24) is 0 Å². The number of rotatable bonds is 4. The standard InChI is InChI=1S/C33H28O4/c1-32(2)30(34)36-28(29(24-15-7-3-8-16-24)25-17-9-4-10-18-25)23-33(37-31(32)35,26-19-11-5-12-20-26)27-21-13-6-14-22-27/h3-22H,23H2,1-2H3. The molecule has 0 spiro atoms. The van der Waals surface area contributed by atoms with Crippen LogP contribution in [0.15, 0.2) is 127 Å². The second kappa shape index (κ2) is 9.90. The monoisotopic (exact) mass is 488 g/mol. The first kappa shape index (κ1) is 24.3. The zero-order valence-corrected chi connectivity index (χ0v) is 20.9. The molecule has 1 aliphatic heterocycles. The highest BCUT2D eigenvalue weighted by Crippen LogP contribution is 2.46. The summed E-state index contributed by atoms with van der Waals surface area (Å²) in [6.45, 7) is 3.10. The fourth-order valence-electron chi connectivity index (χ4n) is 4.65. The summed E-state index contributed by atoms with van der Waals surface area (Å²) in [4.78, 5) is 26.9. The highest BCUT2D eigenvalue weighted by Gasteiger charge is 2.50. The molecule has 4 aromatic carbocycles. The fourth-order valence-corrected chi connectivity index (χ4v) is 4.65. The van der Waals surface area contributed by atoms with Crippen LogP contribution in [0.5, 0.6) is 0 Å². The minimum Gasteiger partial charge on any atom is -0.448 e. The molecule has 0 bridgehead atoms. The van der Waals surface area contributed by atoms with Crippen molar-refractivity contribution in [2.24, 2.45) is 5.41 Å². The van der Waals surface area contributed by atoms with Crippen molar-refractivity contribution in [2.45, 2.75) is 25.9 Å². The molecule has 0 unspecified atom stereocenters. The number of cyclic esters (lactones) is 2. The van der Waals surface area contributed by atoms with Crippen LogP contribution in [0.4, 0.5) is 0 Å². The zero-order valence-electron chi connectivity index (χ0n) is 20.9. The van der Waals surface area contributed by atoms with E-state index in [2.05, 4.69) is 0 Å². The van der Waals surface area contributed by atoms with E-state index < -0.39 is 23.0 Å². The topological polar surface area (TPSA) is 52.6 Å². The molecule has 0 amide bonds. The van der Waals surface area contributed by atoms with Gasteiger partial charge < -0.3 is 9.47 Å². The third kappa shape index (κ3) is 4.58. The quantitative estimate of drug-likeness (QED) is 0.231. The van der Waals surface area contributed by atoms with Gasteiger partial charge >= 0.3 is 11.9 Å². The van der Waals surface area contributed by atoms with Crippen molar-refractivity contribution in [2.75, 3.05) is 0 Å². The van der Waals surface area contributed by atoms with Crippen LogP contribution < -0.4 is 0 Å². The summed E-state index contributed by atoms with van der Waals surface area (Å²) in [6.07, 6.45) is 0.133. The Labute approximate surface area is 217 Å². The van der Waals surface area contributed by atoms with Crippen molar-refractivity contribution in [3.8, 4) is 0 Å². The maximum Gasteiger partial charge on any atom is 0.327 e. The Morgan fingerprint density at radius 2 is 1.00 bits per heavy atom. The molecule has 184 valence electrons. The molecule has 4 heteroatoms. The average molecular weight is 489 g/mol. The Hall–Kier alpha value is -4.44. The van der Waals surface area contributed by atoms with Gasteiger partial charge in [0.25, 0.3) is 0 Å². The summed E-state index contributed by atoms with van der Waals surface area (Å²) < 4.78 is 12.6. The lowest BCUT2D eigenvalue weighted by molar-refractivity contribution is -0.182. The van der Waals surface area contributed by atoms with Crippen LogP contribution in [0.3, 0.4) is 0 Å². The van der Waals surface area contributed by atoms with Gasteiger partial charge in [-0.15, -0.1) is 0 Å². The molecule has 0 aliphatic carbocycles. The fraction of sp³-hybridized carbons (Fsp3) is 0.152. The van der Waals surface area contributed by atoms with Gasteiger partial charge in [-0.3, -0.25) is 9.59 Å². The van der Waals surface area contributed by atoms with E-state index in [0.29, 0.717) is 5.76 Å². The predicted molar refractivity (Wildman–Crippen MR) is 143 cm³/mol. The number of benzene rings is 4. The van der Waals surface area contributed by atoms with Crippen LogP contribution in [-0.4, -0.2) is 11.9 Å². The number of carbonyl (C=O) groups is 2. The van der Waals surface area contributed by atoms with Crippen LogP contribution in [0.1, 0.15) is 42.5 Å². The van der Waals surface area contributed by atoms with Gasteiger partial charge in [0.05, 0.1) is 6.42 Å². The normalized spacial score (nSPS) is 16.6. The molecule has 4 nitrogen and oxygen atoms in total. The first-order valence-electron chi connectivity index (χ1n) is 12.3. The second-order valence-electron chi connectivity index (χ2n) is 9.67. The molecule has 0 atom stereocenters. The molecule has 1 heterocycles. The van der Waals surface area contributed by atoms with Crippen LogP contribution in [0, 0.1) is 5.41 Å². The lowest BCUT2D eigenvalue weighted by atomic mass is 9.79. The highest BCUT2D eigenvalue weighted by atomic mass is 16.6. The Balaban J connectivity index is 1.85. The minimum atomic E-state index is -1.51. The van der Waals surface area contributed by atoms with Crippen molar-refractivity contribution >= 4 is 17.5 Å². The van der Waals surface area contributed by atoms with Crippen molar-refractivity contribution in [3.63, 3.8) is 0 Å². The Kier molecular flexibility index (Phi) is 6.49. The minimum absolute atomic E-state index is 0.133. The van der Waals surface area contributed by atoms with Gasteiger partial charge in [-0.25, -0.2) is 0 Å². The molecule has 1 aliphatic rings. The van der Waals surface area contributed by atoms with Gasteiger partial charge in [0.15, 0.2) is 11.0 Å². The van der Waals surface area contributed by atoms with Crippen LogP contribution in [-0.2, 0) is 24.7 Å². The summed E-state index contributed by atoms with van der Waals surface area (Å²) in [5.74, 6) is -0.840. The lowest BCUT2D eigenvalue weighted by Crippen LogP contribution is -2.46. The maximum atomic E-state index is 13.5. The van der Waals surface area contributed by atoms with Gasteiger partial charge in [-0.1, -0.05) is 121 Å². The van der Waals surface area contributed by atoms with E-state index in [1.807, 2.05) is 121 Å². The number of hydrogen-bond donors (Lipinski definition) is 0. The third-order valence-electron chi connectivity index (χ3n) is 6.80. The molecule has 0 saturated carbocycles. The molecular weight excluding hydrogens is 460 g/mol.